The SMILES string of the molecule is CCC(CC)n1ccc(CC(NC)c2ccnc(C)n2)n1. The van der Waals surface area contributed by atoms with Crippen LogP contribution in [0.15, 0.2) is 24.5 Å². The summed E-state index contributed by atoms with van der Waals surface area (Å²) < 4.78 is 2.09. The number of likely N-dealkylation sites (N-methyl/N-ethyl adjacent to an activating group) is 1. The molecule has 0 saturated heterocycles. The average molecular weight is 287 g/mol. The summed E-state index contributed by atoms with van der Waals surface area (Å²) in [4.78, 5) is 8.66. The first-order chi connectivity index (χ1) is 10.2. The summed E-state index contributed by atoms with van der Waals surface area (Å²) >= 11 is 0. The van der Waals surface area contributed by atoms with Gasteiger partial charge in [0.25, 0.3) is 0 Å². The maximum absolute atomic E-state index is 4.72. The van der Waals surface area contributed by atoms with E-state index in [1.807, 2.05) is 26.2 Å². The Labute approximate surface area is 126 Å². The predicted octanol–water partition coefficient (Wildman–Crippen LogP) is 2.85. The van der Waals surface area contributed by atoms with Gasteiger partial charge in [-0.2, -0.15) is 5.10 Å². The molecule has 0 amide bonds. The summed E-state index contributed by atoms with van der Waals surface area (Å²) in [7, 11) is 1.96. The highest BCUT2D eigenvalue weighted by atomic mass is 15.3. The molecule has 2 rings (SSSR count). The van der Waals surface area contributed by atoms with Gasteiger partial charge in [0.15, 0.2) is 0 Å². The van der Waals surface area contributed by atoms with Gasteiger partial charge in [0.2, 0.25) is 0 Å². The van der Waals surface area contributed by atoms with Crippen molar-refractivity contribution < 1.29 is 0 Å². The van der Waals surface area contributed by atoms with E-state index in [0.29, 0.717) is 6.04 Å². The smallest absolute Gasteiger partial charge is 0.125 e. The monoisotopic (exact) mass is 287 g/mol. The molecule has 0 aliphatic carbocycles. The number of hydrogen-bond acceptors (Lipinski definition) is 4. The molecule has 1 unspecified atom stereocenters. The molecule has 0 aliphatic heterocycles. The number of hydrogen-bond donors (Lipinski definition) is 1. The first-order valence-corrected chi connectivity index (χ1v) is 7.68. The molecule has 0 bridgehead atoms. The number of aryl methyl sites for hydroxylation is 1. The Hall–Kier alpha value is -1.75. The lowest BCUT2D eigenvalue weighted by atomic mass is 10.1. The number of aromatic nitrogens is 4. The van der Waals surface area contributed by atoms with E-state index in [2.05, 4.69) is 46.1 Å². The van der Waals surface area contributed by atoms with Gasteiger partial charge in [-0.1, -0.05) is 13.8 Å². The van der Waals surface area contributed by atoms with Crippen LogP contribution in [0, 0.1) is 6.92 Å². The van der Waals surface area contributed by atoms with Crippen LogP contribution in [0.25, 0.3) is 0 Å². The van der Waals surface area contributed by atoms with Crippen LogP contribution in [0.2, 0.25) is 0 Å². The lowest BCUT2D eigenvalue weighted by Gasteiger charge is -2.15. The van der Waals surface area contributed by atoms with Crippen LogP contribution in [-0.2, 0) is 6.42 Å². The van der Waals surface area contributed by atoms with Crippen LogP contribution in [0.4, 0.5) is 0 Å². The molecule has 2 heterocycles. The van der Waals surface area contributed by atoms with Crippen molar-refractivity contribution in [3.63, 3.8) is 0 Å². The minimum absolute atomic E-state index is 0.164. The second kappa shape index (κ2) is 7.31. The van der Waals surface area contributed by atoms with E-state index in [1.165, 1.54) is 0 Å². The third-order valence-corrected chi connectivity index (χ3v) is 3.90. The van der Waals surface area contributed by atoms with Crippen LogP contribution in [0.5, 0.6) is 0 Å². The molecule has 2 aromatic heterocycles. The molecule has 0 aromatic carbocycles. The zero-order chi connectivity index (χ0) is 15.2. The fourth-order valence-corrected chi connectivity index (χ4v) is 2.58. The molecule has 0 spiro atoms. The van der Waals surface area contributed by atoms with Gasteiger partial charge in [-0.25, -0.2) is 9.97 Å². The van der Waals surface area contributed by atoms with Crippen molar-refractivity contribution in [3.05, 3.63) is 41.7 Å². The number of rotatable bonds is 7. The lowest BCUT2D eigenvalue weighted by Crippen LogP contribution is -2.21. The Kier molecular flexibility index (Phi) is 5.44. The topological polar surface area (TPSA) is 55.6 Å². The summed E-state index contributed by atoms with van der Waals surface area (Å²) in [6.07, 6.45) is 6.95. The van der Waals surface area contributed by atoms with E-state index >= 15 is 0 Å². The molecule has 1 atom stereocenters. The Morgan fingerprint density at radius 1 is 1.24 bits per heavy atom. The molecule has 0 saturated carbocycles. The third kappa shape index (κ3) is 3.88. The molecule has 114 valence electrons. The maximum atomic E-state index is 4.72. The fourth-order valence-electron chi connectivity index (χ4n) is 2.58. The van der Waals surface area contributed by atoms with Crippen LogP contribution in [-0.4, -0.2) is 26.8 Å². The van der Waals surface area contributed by atoms with Gasteiger partial charge in [-0.3, -0.25) is 4.68 Å². The molecule has 21 heavy (non-hydrogen) atoms. The van der Waals surface area contributed by atoms with Gasteiger partial charge in [0.05, 0.1) is 23.5 Å². The van der Waals surface area contributed by atoms with Crippen LogP contribution >= 0.6 is 0 Å². The third-order valence-electron chi connectivity index (χ3n) is 3.90. The Morgan fingerprint density at radius 3 is 2.62 bits per heavy atom. The highest BCUT2D eigenvalue weighted by Gasteiger charge is 2.15. The second-order valence-electron chi connectivity index (χ2n) is 5.33. The molecule has 1 N–H and O–H groups in total. The summed E-state index contributed by atoms with van der Waals surface area (Å²) in [5.74, 6) is 0.801. The number of nitrogens with zero attached hydrogens (tertiary/aromatic N) is 4. The first kappa shape index (κ1) is 15.6. The largest absolute Gasteiger partial charge is 0.311 e. The normalized spacial score (nSPS) is 12.8. The van der Waals surface area contributed by atoms with E-state index in [-0.39, 0.29) is 6.04 Å². The fraction of sp³-hybridized carbons (Fsp3) is 0.562. The average Bonchev–Trinajstić information content (AvgIpc) is 2.94. The summed E-state index contributed by atoms with van der Waals surface area (Å²) in [6, 6.07) is 4.73. The van der Waals surface area contributed by atoms with Gasteiger partial charge >= 0.3 is 0 Å². The quantitative estimate of drug-likeness (QED) is 0.851. The van der Waals surface area contributed by atoms with Crippen molar-refractivity contribution in [2.24, 2.45) is 0 Å². The van der Waals surface area contributed by atoms with Crippen molar-refractivity contribution in [2.45, 2.75) is 52.1 Å². The van der Waals surface area contributed by atoms with Crippen molar-refractivity contribution in [1.82, 2.24) is 25.1 Å². The summed E-state index contributed by atoms with van der Waals surface area (Å²) in [5, 5.41) is 8.04. The lowest BCUT2D eigenvalue weighted by molar-refractivity contribution is 0.423. The van der Waals surface area contributed by atoms with Gasteiger partial charge < -0.3 is 5.32 Å². The van der Waals surface area contributed by atoms with E-state index < -0.39 is 0 Å². The molecule has 5 heteroatoms. The Balaban J connectivity index is 2.12. The van der Waals surface area contributed by atoms with Crippen molar-refractivity contribution in [1.29, 1.82) is 0 Å². The Morgan fingerprint density at radius 2 is 2.00 bits per heavy atom. The molecule has 0 aliphatic rings. The zero-order valence-corrected chi connectivity index (χ0v) is 13.4. The summed E-state index contributed by atoms with van der Waals surface area (Å²) in [5.41, 5.74) is 2.11. The molecular weight excluding hydrogens is 262 g/mol. The second-order valence-corrected chi connectivity index (χ2v) is 5.33. The van der Waals surface area contributed by atoms with Crippen molar-refractivity contribution >= 4 is 0 Å². The summed E-state index contributed by atoms with van der Waals surface area (Å²) in [6.45, 7) is 6.32. The number of nitrogens with one attached hydrogen (secondary N) is 1. The molecule has 0 fully saturated rings. The van der Waals surface area contributed by atoms with Gasteiger partial charge in [0.1, 0.15) is 5.82 Å². The highest BCUT2D eigenvalue weighted by Crippen LogP contribution is 2.18. The molecule has 2 aromatic rings. The van der Waals surface area contributed by atoms with E-state index in [4.69, 9.17) is 5.10 Å². The highest BCUT2D eigenvalue weighted by molar-refractivity contribution is 5.12. The van der Waals surface area contributed by atoms with E-state index in [1.54, 1.807) is 0 Å². The van der Waals surface area contributed by atoms with E-state index in [0.717, 1.165) is 36.5 Å². The maximum Gasteiger partial charge on any atom is 0.125 e. The van der Waals surface area contributed by atoms with Crippen LogP contribution in [0.1, 0.15) is 56.0 Å². The minimum Gasteiger partial charge on any atom is -0.311 e. The minimum atomic E-state index is 0.164. The van der Waals surface area contributed by atoms with Crippen molar-refractivity contribution in [3.8, 4) is 0 Å². The van der Waals surface area contributed by atoms with Crippen molar-refractivity contribution in [2.75, 3.05) is 7.05 Å². The molecule has 5 nitrogen and oxygen atoms in total. The Bertz CT molecular complexity index is 559. The molecule has 0 radical (unpaired) electrons. The van der Waals surface area contributed by atoms with Gasteiger partial charge in [-0.05, 0) is 38.9 Å². The first-order valence-electron chi connectivity index (χ1n) is 7.68. The predicted molar refractivity (Wildman–Crippen MR) is 84.1 cm³/mol. The van der Waals surface area contributed by atoms with Crippen LogP contribution in [0.3, 0.4) is 0 Å². The van der Waals surface area contributed by atoms with Gasteiger partial charge in [-0.15, -0.1) is 0 Å². The van der Waals surface area contributed by atoms with Crippen LogP contribution < -0.4 is 5.32 Å². The zero-order valence-electron chi connectivity index (χ0n) is 13.4. The van der Waals surface area contributed by atoms with E-state index in [9.17, 15) is 0 Å². The molecular formula is C16H25N5. The standard InChI is InChI=1S/C16H25N5/c1-5-14(6-2)21-10-8-13(20-21)11-16(17-4)15-7-9-18-12(3)19-15/h7-10,14,16-17H,5-6,11H2,1-4H3. The van der Waals surface area contributed by atoms with Gasteiger partial charge in [0, 0.05) is 18.8 Å².